The molecule has 1 amide bonds. The van der Waals surface area contributed by atoms with Gasteiger partial charge in [-0.2, -0.15) is 0 Å². The lowest BCUT2D eigenvalue weighted by molar-refractivity contribution is -0.114. The average molecular weight is 407 g/mol. The standard InChI is InChI=1S/C20H26N2O5S/c1-4-14-27-19-12-8-17(9-13-19)22(28(3,24)25)15-20(23)21-16-6-10-18(11-7-16)26-5-2/h6-13H,4-5,14-15H2,1-3H3,(H,21,23). The van der Waals surface area contributed by atoms with E-state index in [-0.39, 0.29) is 6.54 Å². The molecule has 0 atom stereocenters. The highest BCUT2D eigenvalue weighted by molar-refractivity contribution is 7.92. The molecule has 2 rings (SSSR count). The molecule has 0 aliphatic heterocycles. The molecule has 0 heterocycles. The number of nitrogens with zero attached hydrogens (tertiary/aromatic N) is 1. The predicted octanol–water partition coefficient (Wildman–Crippen LogP) is 3.28. The van der Waals surface area contributed by atoms with Gasteiger partial charge in [-0.15, -0.1) is 0 Å². The van der Waals surface area contributed by atoms with Crippen LogP contribution in [0.4, 0.5) is 11.4 Å². The van der Waals surface area contributed by atoms with Crippen LogP contribution >= 0.6 is 0 Å². The third-order valence-corrected chi connectivity index (χ3v) is 4.87. The SMILES string of the molecule is CCCOc1ccc(N(CC(=O)Nc2ccc(OCC)cc2)S(C)(=O)=O)cc1. The molecule has 0 aliphatic rings. The first-order valence-corrected chi connectivity index (χ1v) is 10.9. The summed E-state index contributed by atoms with van der Waals surface area (Å²) in [5.74, 6) is 0.905. The number of carbonyl (C=O) groups excluding carboxylic acids is 1. The molecule has 0 aliphatic carbocycles. The van der Waals surface area contributed by atoms with Crippen LogP contribution in [0.5, 0.6) is 11.5 Å². The molecule has 7 nitrogen and oxygen atoms in total. The van der Waals surface area contributed by atoms with E-state index >= 15 is 0 Å². The number of carbonyl (C=O) groups is 1. The third-order valence-electron chi connectivity index (χ3n) is 3.73. The second-order valence-corrected chi connectivity index (χ2v) is 8.02. The van der Waals surface area contributed by atoms with Crippen molar-refractivity contribution in [1.29, 1.82) is 0 Å². The number of anilines is 2. The minimum absolute atomic E-state index is 0.332. The van der Waals surface area contributed by atoms with Gasteiger partial charge in [-0.1, -0.05) is 6.92 Å². The van der Waals surface area contributed by atoms with E-state index in [1.54, 1.807) is 48.5 Å². The quantitative estimate of drug-likeness (QED) is 0.655. The Labute approximate surface area is 166 Å². The summed E-state index contributed by atoms with van der Waals surface area (Å²) in [5, 5.41) is 2.70. The average Bonchev–Trinajstić information content (AvgIpc) is 2.66. The molecule has 2 aromatic carbocycles. The fourth-order valence-electron chi connectivity index (χ4n) is 2.46. The van der Waals surface area contributed by atoms with Crippen molar-refractivity contribution < 1.29 is 22.7 Å². The lowest BCUT2D eigenvalue weighted by atomic mass is 10.3. The van der Waals surface area contributed by atoms with Gasteiger partial charge in [0.1, 0.15) is 18.0 Å². The molecule has 0 radical (unpaired) electrons. The molecular weight excluding hydrogens is 380 g/mol. The van der Waals surface area contributed by atoms with E-state index in [1.807, 2.05) is 13.8 Å². The molecule has 28 heavy (non-hydrogen) atoms. The second kappa shape index (κ2) is 9.98. The summed E-state index contributed by atoms with van der Waals surface area (Å²) in [7, 11) is -3.64. The summed E-state index contributed by atoms with van der Waals surface area (Å²) >= 11 is 0. The van der Waals surface area contributed by atoms with Gasteiger partial charge in [-0.05, 0) is 61.9 Å². The molecular formula is C20H26N2O5S. The van der Waals surface area contributed by atoms with Gasteiger partial charge in [0.05, 0.1) is 25.2 Å². The number of hydrogen-bond acceptors (Lipinski definition) is 5. The normalized spacial score (nSPS) is 11.0. The molecule has 1 N–H and O–H groups in total. The number of nitrogens with one attached hydrogen (secondary N) is 1. The Hall–Kier alpha value is -2.74. The van der Waals surface area contributed by atoms with E-state index in [4.69, 9.17) is 9.47 Å². The fourth-order valence-corrected chi connectivity index (χ4v) is 3.32. The lowest BCUT2D eigenvalue weighted by Gasteiger charge is -2.22. The molecule has 0 fully saturated rings. The molecule has 8 heteroatoms. The van der Waals surface area contributed by atoms with E-state index in [9.17, 15) is 13.2 Å². The van der Waals surface area contributed by atoms with Crippen molar-refractivity contribution in [1.82, 2.24) is 0 Å². The zero-order valence-electron chi connectivity index (χ0n) is 16.3. The molecule has 0 bridgehead atoms. The van der Waals surface area contributed by atoms with Gasteiger partial charge in [-0.25, -0.2) is 8.42 Å². The summed E-state index contributed by atoms with van der Waals surface area (Å²) in [6, 6.07) is 13.5. The van der Waals surface area contributed by atoms with E-state index in [0.29, 0.717) is 36.1 Å². The van der Waals surface area contributed by atoms with Crippen LogP contribution in [-0.2, 0) is 14.8 Å². The maximum Gasteiger partial charge on any atom is 0.245 e. The Kier molecular flexibility index (Phi) is 7.69. The number of hydrogen-bond donors (Lipinski definition) is 1. The fraction of sp³-hybridized carbons (Fsp3) is 0.350. The highest BCUT2D eigenvalue weighted by Gasteiger charge is 2.21. The Morgan fingerprint density at radius 1 is 0.964 bits per heavy atom. The number of rotatable bonds is 10. The topological polar surface area (TPSA) is 84.9 Å². The highest BCUT2D eigenvalue weighted by atomic mass is 32.2. The second-order valence-electron chi connectivity index (χ2n) is 6.12. The molecule has 2 aromatic rings. The number of sulfonamides is 1. The third kappa shape index (κ3) is 6.45. The first-order valence-electron chi connectivity index (χ1n) is 9.06. The number of ether oxygens (including phenoxy) is 2. The van der Waals surface area contributed by atoms with E-state index in [1.165, 1.54) is 0 Å². The molecule has 0 spiro atoms. The van der Waals surface area contributed by atoms with Gasteiger partial charge < -0.3 is 14.8 Å². The van der Waals surface area contributed by atoms with Gasteiger partial charge >= 0.3 is 0 Å². The van der Waals surface area contributed by atoms with Gasteiger partial charge in [0.15, 0.2) is 0 Å². The van der Waals surface area contributed by atoms with Crippen molar-refractivity contribution in [2.45, 2.75) is 20.3 Å². The number of amides is 1. The van der Waals surface area contributed by atoms with Crippen LogP contribution in [0.2, 0.25) is 0 Å². The van der Waals surface area contributed by atoms with E-state index in [0.717, 1.165) is 17.0 Å². The Balaban J connectivity index is 2.08. The largest absolute Gasteiger partial charge is 0.494 e. The maximum atomic E-state index is 12.4. The minimum Gasteiger partial charge on any atom is -0.494 e. The van der Waals surface area contributed by atoms with Gasteiger partial charge in [0.25, 0.3) is 0 Å². The summed E-state index contributed by atoms with van der Waals surface area (Å²) in [6.45, 7) is 4.69. The van der Waals surface area contributed by atoms with Gasteiger partial charge in [0, 0.05) is 5.69 Å². The van der Waals surface area contributed by atoms with Crippen molar-refractivity contribution in [3.05, 3.63) is 48.5 Å². The zero-order valence-corrected chi connectivity index (χ0v) is 17.2. The van der Waals surface area contributed by atoms with Gasteiger partial charge in [0.2, 0.25) is 15.9 Å². The van der Waals surface area contributed by atoms with Crippen molar-refractivity contribution >= 4 is 27.3 Å². The molecule has 0 saturated heterocycles. The van der Waals surface area contributed by atoms with Crippen LogP contribution in [-0.4, -0.2) is 40.3 Å². The van der Waals surface area contributed by atoms with E-state index < -0.39 is 15.9 Å². The van der Waals surface area contributed by atoms with Crippen LogP contribution in [0.25, 0.3) is 0 Å². The van der Waals surface area contributed by atoms with E-state index in [2.05, 4.69) is 5.32 Å². The lowest BCUT2D eigenvalue weighted by Crippen LogP contribution is -2.37. The van der Waals surface area contributed by atoms with Crippen LogP contribution in [0, 0.1) is 0 Å². The molecule has 152 valence electrons. The maximum absolute atomic E-state index is 12.4. The van der Waals surface area contributed by atoms with Crippen LogP contribution in [0.3, 0.4) is 0 Å². The first kappa shape index (κ1) is 21.6. The highest BCUT2D eigenvalue weighted by Crippen LogP contribution is 2.22. The Morgan fingerprint density at radius 3 is 2.07 bits per heavy atom. The first-order chi connectivity index (χ1) is 13.3. The molecule has 0 unspecified atom stereocenters. The van der Waals surface area contributed by atoms with Crippen LogP contribution in [0.15, 0.2) is 48.5 Å². The summed E-state index contributed by atoms with van der Waals surface area (Å²) in [5.41, 5.74) is 0.957. The van der Waals surface area contributed by atoms with Crippen molar-refractivity contribution in [3.8, 4) is 11.5 Å². The Morgan fingerprint density at radius 2 is 1.54 bits per heavy atom. The summed E-state index contributed by atoms with van der Waals surface area (Å²) in [4.78, 5) is 12.4. The monoisotopic (exact) mass is 406 g/mol. The predicted molar refractivity (Wildman–Crippen MR) is 111 cm³/mol. The van der Waals surface area contributed by atoms with Gasteiger partial charge in [-0.3, -0.25) is 9.10 Å². The Bertz CT molecular complexity index is 864. The van der Waals surface area contributed by atoms with Crippen molar-refractivity contribution in [2.24, 2.45) is 0 Å². The molecule has 0 saturated carbocycles. The van der Waals surface area contributed by atoms with Crippen LogP contribution < -0.4 is 19.1 Å². The summed E-state index contributed by atoms with van der Waals surface area (Å²) < 4.78 is 36.3. The smallest absolute Gasteiger partial charge is 0.245 e. The zero-order chi connectivity index (χ0) is 20.6. The summed E-state index contributed by atoms with van der Waals surface area (Å²) in [6.07, 6.45) is 1.95. The van der Waals surface area contributed by atoms with Crippen LogP contribution in [0.1, 0.15) is 20.3 Å². The minimum atomic E-state index is -3.64. The number of benzene rings is 2. The van der Waals surface area contributed by atoms with Crippen molar-refractivity contribution in [3.63, 3.8) is 0 Å². The molecule has 0 aromatic heterocycles. The van der Waals surface area contributed by atoms with Crippen molar-refractivity contribution in [2.75, 3.05) is 35.6 Å².